The Kier molecular flexibility index (Phi) is 6.20. The van der Waals surface area contributed by atoms with E-state index in [1.54, 1.807) is 0 Å². The summed E-state index contributed by atoms with van der Waals surface area (Å²) in [5, 5.41) is 0. The minimum Gasteiger partial charge on any atom is -0.341 e. The molecule has 0 aromatic heterocycles. The normalized spacial score (nSPS) is 15.7. The Bertz CT molecular complexity index is 554. The Morgan fingerprint density at radius 2 is 1.61 bits per heavy atom. The van der Waals surface area contributed by atoms with Gasteiger partial charge in [0.1, 0.15) is 0 Å². The summed E-state index contributed by atoms with van der Waals surface area (Å²) < 4.78 is 0. The summed E-state index contributed by atoms with van der Waals surface area (Å²) in [6.45, 7) is 8.98. The zero-order valence-corrected chi connectivity index (χ0v) is 14.5. The van der Waals surface area contributed by atoms with Gasteiger partial charge in [0.05, 0.1) is 6.42 Å². The van der Waals surface area contributed by atoms with E-state index in [4.69, 9.17) is 0 Å². The molecule has 0 N–H and O–H groups in total. The second kappa shape index (κ2) is 8.14. The van der Waals surface area contributed by atoms with Crippen molar-refractivity contribution < 1.29 is 9.59 Å². The first-order valence-electron chi connectivity index (χ1n) is 8.57. The number of aryl methyl sites for hydroxylation is 1. The van der Waals surface area contributed by atoms with Gasteiger partial charge in [-0.15, -0.1) is 0 Å². The Balaban J connectivity index is 1.91. The molecular formula is C19H28N2O2. The van der Waals surface area contributed by atoms with Gasteiger partial charge in [-0.3, -0.25) is 9.59 Å². The second-order valence-electron chi connectivity index (χ2n) is 6.82. The lowest BCUT2D eigenvalue weighted by Gasteiger charge is -2.23. The Labute approximate surface area is 139 Å². The van der Waals surface area contributed by atoms with Crippen LogP contribution in [-0.4, -0.2) is 47.8 Å². The Morgan fingerprint density at radius 3 is 2.22 bits per heavy atom. The van der Waals surface area contributed by atoms with Crippen molar-refractivity contribution in [1.29, 1.82) is 0 Å². The molecule has 1 heterocycles. The van der Waals surface area contributed by atoms with Crippen molar-refractivity contribution in [2.45, 2.75) is 40.0 Å². The van der Waals surface area contributed by atoms with E-state index in [9.17, 15) is 9.59 Å². The van der Waals surface area contributed by atoms with Crippen LogP contribution in [0.25, 0.3) is 0 Å². The number of benzene rings is 1. The first-order valence-corrected chi connectivity index (χ1v) is 8.57. The van der Waals surface area contributed by atoms with Crippen LogP contribution in [0.2, 0.25) is 0 Å². The second-order valence-corrected chi connectivity index (χ2v) is 6.82. The summed E-state index contributed by atoms with van der Waals surface area (Å²) in [5.41, 5.74) is 2.25. The molecule has 1 fully saturated rings. The van der Waals surface area contributed by atoms with Gasteiger partial charge in [0.2, 0.25) is 11.8 Å². The van der Waals surface area contributed by atoms with E-state index in [0.29, 0.717) is 31.8 Å². The van der Waals surface area contributed by atoms with Crippen molar-refractivity contribution in [3.8, 4) is 0 Å². The van der Waals surface area contributed by atoms with Crippen molar-refractivity contribution in [1.82, 2.24) is 9.80 Å². The fourth-order valence-electron chi connectivity index (χ4n) is 2.98. The molecule has 0 unspecified atom stereocenters. The molecule has 2 rings (SSSR count). The van der Waals surface area contributed by atoms with Gasteiger partial charge in [-0.05, 0) is 30.4 Å². The summed E-state index contributed by atoms with van der Waals surface area (Å²) >= 11 is 0. The fourth-order valence-corrected chi connectivity index (χ4v) is 2.98. The zero-order valence-electron chi connectivity index (χ0n) is 14.5. The average Bonchev–Trinajstić information content (AvgIpc) is 2.75. The van der Waals surface area contributed by atoms with Crippen LogP contribution in [0.1, 0.15) is 37.8 Å². The summed E-state index contributed by atoms with van der Waals surface area (Å²) in [4.78, 5) is 28.6. The smallest absolute Gasteiger partial charge is 0.227 e. The first-order chi connectivity index (χ1) is 11.0. The van der Waals surface area contributed by atoms with Crippen LogP contribution in [0.15, 0.2) is 24.3 Å². The standard InChI is InChI=1S/C19H28N2O2/c1-15(2)13-18(22)20-9-6-10-21(12-11-20)19(23)14-17-8-5-4-7-16(17)3/h4-5,7-8,15H,6,9-14H2,1-3H3. The number of carbonyl (C=O) groups is 2. The van der Waals surface area contributed by atoms with Gasteiger partial charge < -0.3 is 9.80 Å². The summed E-state index contributed by atoms with van der Waals surface area (Å²) in [6, 6.07) is 8.03. The van der Waals surface area contributed by atoms with Gasteiger partial charge in [-0.1, -0.05) is 38.1 Å². The molecule has 1 aromatic carbocycles. The number of nitrogens with zero attached hydrogens (tertiary/aromatic N) is 2. The molecule has 4 heteroatoms. The minimum absolute atomic E-state index is 0.164. The maximum absolute atomic E-state index is 12.5. The molecule has 4 nitrogen and oxygen atoms in total. The van der Waals surface area contributed by atoms with Crippen LogP contribution < -0.4 is 0 Å². The maximum Gasteiger partial charge on any atom is 0.227 e. The van der Waals surface area contributed by atoms with Crippen LogP contribution in [0.3, 0.4) is 0 Å². The van der Waals surface area contributed by atoms with E-state index in [1.807, 2.05) is 41.0 Å². The lowest BCUT2D eigenvalue weighted by Crippen LogP contribution is -2.38. The van der Waals surface area contributed by atoms with Crippen molar-refractivity contribution in [2.75, 3.05) is 26.2 Å². The third-order valence-corrected chi connectivity index (χ3v) is 4.39. The lowest BCUT2D eigenvalue weighted by molar-refractivity contribution is -0.133. The van der Waals surface area contributed by atoms with Crippen molar-refractivity contribution in [2.24, 2.45) is 5.92 Å². The van der Waals surface area contributed by atoms with Gasteiger partial charge in [0, 0.05) is 32.6 Å². The number of rotatable bonds is 4. The zero-order chi connectivity index (χ0) is 16.8. The number of hydrogen-bond donors (Lipinski definition) is 0. The van der Waals surface area contributed by atoms with Gasteiger partial charge in [-0.2, -0.15) is 0 Å². The van der Waals surface area contributed by atoms with Crippen LogP contribution in [0.5, 0.6) is 0 Å². The largest absolute Gasteiger partial charge is 0.341 e. The van der Waals surface area contributed by atoms with Crippen LogP contribution in [0, 0.1) is 12.8 Å². The first kappa shape index (κ1) is 17.5. The minimum atomic E-state index is 0.164. The average molecular weight is 316 g/mol. The van der Waals surface area contributed by atoms with Crippen molar-refractivity contribution in [3.63, 3.8) is 0 Å². The van der Waals surface area contributed by atoms with Crippen molar-refractivity contribution >= 4 is 11.8 Å². The summed E-state index contributed by atoms with van der Waals surface area (Å²) in [6.07, 6.45) is 1.91. The monoisotopic (exact) mass is 316 g/mol. The summed E-state index contributed by atoms with van der Waals surface area (Å²) in [7, 11) is 0. The summed E-state index contributed by atoms with van der Waals surface area (Å²) in [5.74, 6) is 0.759. The molecular weight excluding hydrogens is 288 g/mol. The van der Waals surface area contributed by atoms with Crippen LogP contribution in [-0.2, 0) is 16.0 Å². The fraction of sp³-hybridized carbons (Fsp3) is 0.579. The molecule has 0 saturated carbocycles. The third-order valence-electron chi connectivity index (χ3n) is 4.39. The van der Waals surface area contributed by atoms with Crippen LogP contribution >= 0.6 is 0 Å². The van der Waals surface area contributed by atoms with Crippen LogP contribution in [0.4, 0.5) is 0 Å². The van der Waals surface area contributed by atoms with Gasteiger partial charge in [0.15, 0.2) is 0 Å². The van der Waals surface area contributed by atoms with E-state index in [0.717, 1.165) is 30.6 Å². The predicted molar refractivity (Wildman–Crippen MR) is 92.1 cm³/mol. The van der Waals surface area contributed by atoms with Gasteiger partial charge >= 0.3 is 0 Å². The highest BCUT2D eigenvalue weighted by atomic mass is 16.2. The number of hydrogen-bond acceptors (Lipinski definition) is 2. The Morgan fingerprint density at radius 1 is 1.00 bits per heavy atom. The van der Waals surface area contributed by atoms with E-state index < -0.39 is 0 Å². The molecule has 1 aliphatic rings. The molecule has 0 bridgehead atoms. The van der Waals surface area contributed by atoms with E-state index in [-0.39, 0.29) is 11.8 Å². The van der Waals surface area contributed by atoms with Gasteiger partial charge in [-0.25, -0.2) is 0 Å². The SMILES string of the molecule is Cc1ccccc1CC(=O)N1CCCN(C(=O)CC(C)C)CC1. The van der Waals surface area contributed by atoms with Gasteiger partial charge in [0.25, 0.3) is 0 Å². The van der Waals surface area contributed by atoms with E-state index in [1.165, 1.54) is 0 Å². The molecule has 23 heavy (non-hydrogen) atoms. The van der Waals surface area contributed by atoms with E-state index >= 15 is 0 Å². The molecule has 0 aliphatic carbocycles. The molecule has 2 amide bonds. The highest BCUT2D eigenvalue weighted by Crippen LogP contribution is 2.12. The molecule has 1 saturated heterocycles. The third kappa shape index (κ3) is 5.08. The number of carbonyl (C=O) groups excluding carboxylic acids is 2. The quantitative estimate of drug-likeness (QED) is 0.857. The molecule has 1 aliphatic heterocycles. The highest BCUT2D eigenvalue weighted by Gasteiger charge is 2.22. The lowest BCUT2D eigenvalue weighted by atomic mass is 10.1. The Hall–Kier alpha value is -1.84. The predicted octanol–water partition coefficient (Wildman–Crippen LogP) is 2.64. The molecule has 0 atom stereocenters. The topological polar surface area (TPSA) is 40.6 Å². The van der Waals surface area contributed by atoms with Crippen molar-refractivity contribution in [3.05, 3.63) is 35.4 Å². The molecule has 1 aromatic rings. The van der Waals surface area contributed by atoms with E-state index in [2.05, 4.69) is 13.8 Å². The number of amides is 2. The molecule has 126 valence electrons. The highest BCUT2D eigenvalue weighted by molar-refractivity contribution is 5.79. The molecule has 0 radical (unpaired) electrons. The maximum atomic E-state index is 12.5. The molecule has 0 spiro atoms.